The van der Waals surface area contributed by atoms with Crippen molar-refractivity contribution in [3.8, 4) is 0 Å². The van der Waals surface area contributed by atoms with E-state index in [1.807, 2.05) is 0 Å². The smallest absolute Gasteiger partial charge is 0.321 e. The highest BCUT2D eigenvalue weighted by Crippen LogP contribution is 2.09. The van der Waals surface area contributed by atoms with E-state index in [9.17, 15) is 13.2 Å². The molecule has 1 aromatic heterocycles. The first-order chi connectivity index (χ1) is 8.21. The van der Waals surface area contributed by atoms with Crippen molar-refractivity contribution in [2.75, 3.05) is 0 Å². The Kier molecular flexibility index (Phi) is 4.47. The molecular weight excluding hydrogens is 260 g/mol. The van der Waals surface area contributed by atoms with Gasteiger partial charge in [0.1, 0.15) is 11.8 Å². The lowest BCUT2D eigenvalue weighted by Crippen LogP contribution is -2.44. The Morgan fingerprint density at radius 3 is 2.56 bits per heavy atom. The molecule has 0 saturated heterocycles. The number of sulfonamides is 1. The van der Waals surface area contributed by atoms with Crippen LogP contribution in [0.5, 0.6) is 0 Å². The van der Waals surface area contributed by atoms with Crippen molar-refractivity contribution in [3.05, 3.63) is 17.5 Å². The number of carboxylic acid groups (broad SMARTS) is 1. The van der Waals surface area contributed by atoms with Gasteiger partial charge in [0, 0.05) is 6.07 Å². The number of rotatable bonds is 6. The van der Waals surface area contributed by atoms with Crippen LogP contribution in [0.3, 0.4) is 0 Å². The standard InChI is InChI=1S/C10H16N2O5S/c1-6(2)9(10(13)14)12-18(15,16)5-8-4-7(3)11-17-8/h4,6,9,12H,5H2,1-3H3,(H,13,14). The van der Waals surface area contributed by atoms with Crippen molar-refractivity contribution in [1.82, 2.24) is 9.88 Å². The Morgan fingerprint density at radius 2 is 2.17 bits per heavy atom. The normalized spacial score (nSPS) is 13.8. The highest BCUT2D eigenvalue weighted by Gasteiger charge is 2.27. The van der Waals surface area contributed by atoms with Gasteiger partial charge < -0.3 is 9.63 Å². The van der Waals surface area contributed by atoms with Gasteiger partial charge in [0.15, 0.2) is 5.76 Å². The lowest BCUT2D eigenvalue weighted by Gasteiger charge is -2.17. The molecule has 18 heavy (non-hydrogen) atoms. The summed E-state index contributed by atoms with van der Waals surface area (Å²) in [7, 11) is -3.78. The monoisotopic (exact) mass is 276 g/mol. The number of aryl methyl sites for hydroxylation is 1. The molecule has 0 fully saturated rings. The summed E-state index contributed by atoms with van der Waals surface area (Å²) in [5, 5.41) is 12.5. The van der Waals surface area contributed by atoms with Gasteiger partial charge in [0.25, 0.3) is 0 Å². The van der Waals surface area contributed by atoms with Crippen LogP contribution >= 0.6 is 0 Å². The zero-order chi connectivity index (χ0) is 13.9. The highest BCUT2D eigenvalue weighted by atomic mass is 32.2. The second kappa shape index (κ2) is 5.49. The van der Waals surface area contributed by atoms with Gasteiger partial charge in [-0.25, -0.2) is 13.1 Å². The molecule has 1 aromatic rings. The van der Waals surface area contributed by atoms with E-state index in [2.05, 4.69) is 9.88 Å². The van der Waals surface area contributed by atoms with Gasteiger partial charge in [-0.2, -0.15) is 0 Å². The second-order valence-corrected chi connectivity index (χ2v) is 6.13. The summed E-state index contributed by atoms with van der Waals surface area (Å²) in [6, 6.07) is 0.337. The Morgan fingerprint density at radius 1 is 1.56 bits per heavy atom. The van der Waals surface area contributed by atoms with Crippen molar-refractivity contribution in [3.63, 3.8) is 0 Å². The van der Waals surface area contributed by atoms with Gasteiger partial charge in [0.05, 0.1) is 5.69 Å². The van der Waals surface area contributed by atoms with Crippen LogP contribution in [0.25, 0.3) is 0 Å². The number of carbonyl (C=O) groups is 1. The number of nitrogens with one attached hydrogen (secondary N) is 1. The molecular formula is C10H16N2O5S. The van der Waals surface area contributed by atoms with Crippen LogP contribution in [0.1, 0.15) is 25.3 Å². The van der Waals surface area contributed by atoms with Crippen molar-refractivity contribution in [1.29, 1.82) is 0 Å². The average Bonchev–Trinajstić information content (AvgIpc) is 2.58. The van der Waals surface area contributed by atoms with E-state index in [4.69, 9.17) is 9.63 Å². The summed E-state index contributed by atoms with van der Waals surface area (Å²) in [6.45, 7) is 4.92. The molecule has 1 rings (SSSR count). The van der Waals surface area contributed by atoms with E-state index in [1.165, 1.54) is 6.07 Å². The largest absolute Gasteiger partial charge is 0.480 e. The molecule has 0 aliphatic heterocycles. The lowest BCUT2D eigenvalue weighted by molar-refractivity contribution is -0.140. The fraction of sp³-hybridized carbons (Fsp3) is 0.600. The Labute approximate surface area is 105 Å². The van der Waals surface area contributed by atoms with Crippen LogP contribution < -0.4 is 4.72 Å². The van der Waals surface area contributed by atoms with E-state index in [0.29, 0.717) is 5.69 Å². The fourth-order valence-corrected chi connectivity index (χ4v) is 2.73. The molecule has 0 saturated carbocycles. The molecule has 1 atom stereocenters. The van der Waals surface area contributed by atoms with Gasteiger partial charge in [-0.05, 0) is 12.8 Å². The molecule has 0 amide bonds. The maximum absolute atomic E-state index is 11.8. The molecule has 0 aromatic carbocycles. The number of carboxylic acids is 1. The fourth-order valence-electron chi connectivity index (χ4n) is 1.38. The summed E-state index contributed by atoms with van der Waals surface area (Å²) in [5.74, 6) is -1.81. The topological polar surface area (TPSA) is 110 Å². The maximum Gasteiger partial charge on any atom is 0.321 e. The molecule has 2 N–H and O–H groups in total. The number of hydrogen-bond donors (Lipinski definition) is 2. The van der Waals surface area contributed by atoms with Crippen LogP contribution in [0.15, 0.2) is 10.6 Å². The molecule has 102 valence electrons. The molecule has 0 radical (unpaired) electrons. The zero-order valence-electron chi connectivity index (χ0n) is 10.4. The first-order valence-corrected chi connectivity index (χ1v) is 7.01. The van der Waals surface area contributed by atoms with Crippen LogP contribution in [0.2, 0.25) is 0 Å². The third kappa shape index (κ3) is 4.11. The Bertz CT molecular complexity index is 520. The molecule has 1 heterocycles. The number of hydrogen-bond acceptors (Lipinski definition) is 5. The summed E-state index contributed by atoms with van der Waals surface area (Å²) < 4.78 is 30.5. The molecule has 0 aliphatic rings. The first kappa shape index (κ1) is 14.7. The van der Waals surface area contributed by atoms with Gasteiger partial charge in [0.2, 0.25) is 10.0 Å². The summed E-state index contributed by atoms with van der Waals surface area (Å²) in [6.07, 6.45) is 0. The minimum absolute atomic E-state index is 0.174. The van der Waals surface area contributed by atoms with Gasteiger partial charge in [-0.1, -0.05) is 19.0 Å². The molecule has 0 spiro atoms. The quantitative estimate of drug-likeness (QED) is 0.783. The second-order valence-electron chi connectivity index (χ2n) is 4.37. The molecule has 7 nitrogen and oxygen atoms in total. The molecule has 0 aliphatic carbocycles. The summed E-state index contributed by atoms with van der Waals surface area (Å²) in [5.41, 5.74) is 0.568. The average molecular weight is 276 g/mol. The Hall–Kier alpha value is -1.41. The highest BCUT2D eigenvalue weighted by molar-refractivity contribution is 7.88. The predicted octanol–water partition coefficient (Wildman–Crippen LogP) is 0.512. The molecule has 1 unspecified atom stereocenters. The number of nitrogens with zero attached hydrogens (tertiary/aromatic N) is 1. The predicted molar refractivity (Wildman–Crippen MR) is 63.3 cm³/mol. The van der Waals surface area contributed by atoms with Gasteiger partial charge in [-0.3, -0.25) is 4.79 Å². The lowest BCUT2D eigenvalue weighted by atomic mass is 10.1. The van der Waals surface area contributed by atoms with Gasteiger partial charge in [-0.15, -0.1) is 0 Å². The van der Waals surface area contributed by atoms with Gasteiger partial charge >= 0.3 is 5.97 Å². The third-order valence-corrected chi connectivity index (χ3v) is 3.53. The summed E-state index contributed by atoms with van der Waals surface area (Å²) in [4.78, 5) is 10.9. The van der Waals surface area contributed by atoms with E-state index in [-0.39, 0.29) is 11.7 Å². The van der Waals surface area contributed by atoms with E-state index >= 15 is 0 Å². The maximum atomic E-state index is 11.8. The zero-order valence-corrected chi connectivity index (χ0v) is 11.2. The van der Waals surface area contributed by atoms with Crippen LogP contribution in [-0.4, -0.2) is 30.7 Å². The summed E-state index contributed by atoms with van der Waals surface area (Å²) >= 11 is 0. The SMILES string of the molecule is Cc1cc(CS(=O)(=O)NC(C(=O)O)C(C)C)on1. The number of aliphatic carboxylic acids is 1. The molecule has 0 bridgehead atoms. The molecule has 8 heteroatoms. The minimum atomic E-state index is -3.78. The van der Waals surface area contributed by atoms with Crippen molar-refractivity contribution in [2.24, 2.45) is 5.92 Å². The van der Waals surface area contributed by atoms with Crippen molar-refractivity contribution in [2.45, 2.75) is 32.6 Å². The van der Waals surface area contributed by atoms with E-state index < -0.39 is 27.8 Å². The van der Waals surface area contributed by atoms with Crippen molar-refractivity contribution >= 4 is 16.0 Å². The van der Waals surface area contributed by atoms with Crippen LogP contribution in [-0.2, 0) is 20.6 Å². The third-order valence-electron chi connectivity index (χ3n) is 2.25. The van der Waals surface area contributed by atoms with Crippen LogP contribution in [0.4, 0.5) is 0 Å². The minimum Gasteiger partial charge on any atom is -0.480 e. The first-order valence-electron chi connectivity index (χ1n) is 5.36. The van der Waals surface area contributed by atoms with E-state index in [1.54, 1.807) is 20.8 Å². The van der Waals surface area contributed by atoms with Crippen molar-refractivity contribution < 1.29 is 22.8 Å². The number of aromatic nitrogens is 1. The van der Waals surface area contributed by atoms with E-state index in [0.717, 1.165) is 0 Å². The Balaban J connectivity index is 2.78. The van der Waals surface area contributed by atoms with Crippen LogP contribution in [0, 0.1) is 12.8 Å².